The molecule has 0 atom stereocenters. The number of piperazine rings is 1. The summed E-state index contributed by atoms with van der Waals surface area (Å²) in [6.07, 6.45) is 4.47. The smallest absolute Gasteiger partial charge is 0.240 e. The Morgan fingerprint density at radius 2 is 1.94 bits per heavy atom. The summed E-state index contributed by atoms with van der Waals surface area (Å²) in [4.78, 5) is 14.2. The molecule has 1 saturated heterocycles. The summed E-state index contributed by atoms with van der Waals surface area (Å²) in [5.74, 6) is 0.161. The lowest BCUT2D eigenvalue weighted by Gasteiger charge is -2.47. The molecule has 2 aliphatic rings. The molecule has 1 saturated carbocycles. The number of hydrogen-bond donors (Lipinski definition) is 2. The highest BCUT2D eigenvalue weighted by Crippen LogP contribution is 2.29. The molecule has 0 spiro atoms. The van der Waals surface area contributed by atoms with Crippen molar-refractivity contribution in [2.45, 2.75) is 57.2 Å². The highest BCUT2D eigenvalue weighted by Gasteiger charge is 2.41. The standard InChI is InChI=1S/C12H23N3O/c1-12(2)11(16)14-7-8-15(12)10-5-3-9(13)4-6-10/h9-10H,3-8,13H2,1-2H3,(H,14,16). The Bertz CT molecular complexity index is 269. The van der Waals surface area contributed by atoms with Crippen molar-refractivity contribution in [3.8, 4) is 0 Å². The van der Waals surface area contributed by atoms with Gasteiger partial charge in [-0.3, -0.25) is 9.69 Å². The first-order chi connectivity index (χ1) is 7.51. The van der Waals surface area contributed by atoms with Crippen molar-refractivity contribution in [2.24, 2.45) is 5.73 Å². The summed E-state index contributed by atoms with van der Waals surface area (Å²) in [6.45, 7) is 5.80. The second kappa shape index (κ2) is 4.34. The van der Waals surface area contributed by atoms with Crippen molar-refractivity contribution in [2.75, 3.05) is 13.1 Å². The van der Waals surface area contributed by atoms with Gasteiger partial charge in [-0.15, -0.1) is 0 Å². The van der Waals surface area contributed by atoms with Crippen molar-refractivity contribution >= 4 is 5.91 Å². The normalized spacial score (nSPS) is 35.8. The van der Waals surface area contributed by atoms with Gasteiger partial charge in [0, 0.05) is 25.2 Å². The number of nitrogens with zero attached hydrogens (tertiary/aromatic N) is 1. The molecule has 0 unspecified atom stereocenters. The van der Waals surface area contributed by atoms with Crippen LogP contribution in [0.2, 0.25) is 0 Å². The van der Waals surface area contributed by atoms with Crippen LogP contribution in [0.3, 0.4) is 0 Å². The lowest BCUT2D eigenvalue weighted by atomic mass is 9.86. The van der Waals surface area contributed by atoms with E-state index in [1.54, 1.807) is 0 Å². The van der Waals surface area contributed by atoms with Crippen LogP contribution in [0.4, 0.5) is 0 Å². The van der Waals surface area contributed by atoms with Crippen LogP contribution in [-0.2, 0) is 4.79 Å². The number of carbonyl (C=O) groups is 1. The van der Waals surface area contributed by atoms with Gasteiger partial charge in [0.25, 0.3) is 0 Å². The molecule has 1 heterocycles. The summed E-state index contributed by atoms with van der Waals surface area (Å²) < 4.78 is 0. The van der Waals surface area contributed by atoms with E-state index >= 15 is 0 Å². The number of nitrogens with two attached hydrogens (primary N) is 1. The van der Waals surface area contributed by atoms with E-state index in [0.717, 1.165) is 38.8 Å². The predicted molar refractivity (Wildman–Crippen MR) is 64.0 cm³/mol. The van der Waals surface area contributed by atoms with E-state index in [4.69, 9.17) is 5.73 Å². The molecule has 92 valence electrons. The Hall–Kier alpha value is -0.610. The molecule has 1 aliphatic heterocycles. The van der Waals surface area contributed by atoms with Crippen LogP contribution in [-0.4, -0.2) is 41.5 Å². The summed E-state index contributed by atoms with van der Waals surface area (Å²) in [5.41, 5.74) is 5.57. The summed E-state index contributed by atoms with van der Waals surface area (Å²) >= 11 is 0. The minimum Gasteiger partial charge on any atom is -0.353 e. The molecule has 0 bridgehead atoms. The fourth-order valence-corrected chi connectivity index (χ4v) is 2.97. The summed E-state index contributed by atoms with van der Waals surface area (Å²) in [7, 11) is 0. The second-order valence-electron chi connectivity index (χ2n) is 5.58. The summed E-state index contributed by atoms with van der Waals surface area (Å²) in [5, 5.41) is 2.94. The van der Waals surface area contributed by atoms with Crippen molar-refractivity contribution in [3.05, 3.63) is 0 Å². The molecule has 0 aromatic rings. The molecule has 16 heavy (non-hydrogen) atoms. The van der Waals surface area contributed by atoms with Crippen LogP contribution in [0.1, 0.15) is 39.5 Å². The minimum atomic E-state index is -0.357. The van der Waals surface area contributed by atoms with Gasteiger partial charge < -0.3 is 11.1 Å². The fourth-order valence-electron chi connectivity index (χ4n) is 2.97. The molecule has 0 radical (unpaired) electrons. The van der Waals surface area contributed by atoms with E-state index in [2.05, 4.69) is 10.2 Å². The molecule has 0 aromatic heterocycles. The van der Waals surface area contributed by atoms with Crippen molar-refractivity contribution in [1.29, 1.82) is 0 Å². The average Bonchev–Trinajstić information content (AvgIpc) is 2.24. The molecule has 3 N–H and O–H groups in total. The zero-order valence-corrected chi connectivity index (χ0v) is 10.3. The monoisotopic (exact) mass is 225 g/mol. The van der Waals surface area contributed by atoms with Gasteiger partial charge >= 0.3 is 0 Å². The third-order valence-corrected chi connectivity index (χ3v) is 4.09. The van der Waals surface area contributed by atoms with E-state index in [9.17, 15) is 4.79 Å². The van der Waals surface area contributed by atoms with Gasteiger partial charge in [-0.05, 0) is 39.5 Å². The van der Waals surface area contributed by atoms with Gasteiger partial charge in [-0.2, -0.15) is 0 Å². The van der Waals surface area contributed by atoms with Crippen molar-refractivity contribution < 1.29 is 4.79 Å². The SMILES string of the molecule is CC1(C)C(=O)NCCN1C1CCC(N)CC1. The average molecular weight is 225 g/mol. The molecular weight excluding hydrogens is 202 g/mol. The van der Waals surface area contributed by atoms with Crippen LogP contribution in [0.15, 0.2) is 0 Å². The van der Waals surface area contributed by atoms with Crippen LogP contribution in [0.5, 0.6) is 0 Å². The lowest BCUT2D eigenvalue weighted by Crippen LogP contribution is -2.65. The number of rotatable bonds is 1. The predicted octanol–water partition coefficient (Wildman–Crippen LogP) is 0.467. The maximum atomic E-state index is 11.9. The number of hydrogen-bond acceptors (Lipinski definition) is 3. The lowest BCUT2D eigenvalue weighted by molar-refractivity contribution is -0.137. The molecule has 2 rings (SSSR count). The first-order valence-electron chi connectivity index (χ1n) is 6.32. The van der Waals surface area contributed by atoms with Gasteiger partial charge in [0.2, 0.25) is 5.91 Å². The van der Waals surface area contributed by atoms with Crippen molar-refractivity contribution in [1.82, 2.24) is 10.2 Å². The first kappa shape index (κ1) is 11.9. The third kappa shape index (κ3) is 2.09. The number of amides is 1. The molecule has 1 aliphatic carbocycles. The van der Waals surface area contributed by atoms with Crippen molar-refractivity contribution in [3.63, 3.8) is 0 Å². The van der Waals surface area contributed by atoms with Crippen LogP contribution in [0, 0.1) is 0 Å². The Kier molecular flexibility index (Phi) is 3.22. The zero-order chi connectivity index (χ0) is 11.8. The Balaban J connectivity index is 2.05. The van der Waals surface area contributed by atoms with E-state index in [1.807, 2.05) is 13.8 Å². The van der Waals surface area contributed by atoms with Gasteiger partial charge in [0.15, 0.2) is 0 Å². The third-order valence-electron chi connectivity index (χ3n) is 4.09. The molecule has 0 aromatic carbocycles. The van der Waals surface area contributed by atoms with Crippen LogP contribution < -0.4 is 11.1 Å². The van der Waals surface area contributed by atoms with E-state index in [0.29, 0.717) is 12.1 Å². The molecule has 1 amide bonds. The van der Waals surface area contributed by atoms with Gasteiger partial charge in [-0.25, -0.2) is 0 Å². The van der Waals surface area contributed by atoms with Crippen LogP contribution >= 0.6 is 0 Å². The Morgan fingerprint density at radius 3 is 2.56 bits per heavy atom. The molecule has 4 heteroatoms. The molecule has 2 fully saturated rings. The maximum absolute atomic E-state index is 11.9. The summed E-state index contributed by atoms with van der Waals surface area (Å²) in [6, 6.07) is 0.916. The van der Waals surface area contributed by atoms with Crippen LogP contribution in [0.25, 0.3) is 0 Å². The Labute approximate surface area is 97.6 Å². The highest BCUT2D eigenvalue weighted by atomic mass is 16.2. The van der Waals surface area contributed by atoms with E-state index in [-0.39, 0.29) is 11.4 Å². The Morgan fingerprint density at radius 1 is 1.31 bits per heavy atom. The second-order valence-corrected chi connectivity index (χ2v) is 5.58. The number of nitrogens with one attached hydrogen (secondary N) is 1. The van der Waals surface area contributed by atoms with Gasteiger partial charge in [0.05, 0.1) is 5.54 Å². The maximum Gasteiger partial charge on any atom is 0.240 e. The minimum absolute atomic E-state index is 0.161. The topological polar surface area (TPSA) is 58.4 Å². The van der Waals surface area contributed by atoms with E-state index in [1.165, 1.54) is 0 Å². The quantitative estimate of drug-likeness (QED) is 0.682. The van der Waals surface area contributed by atoms with Gasteiger partial charge in [0.1, 0.15) is 0 Å². The largest absolute Gasteiger partial charge is 0.353 e. The fraction of sp³-hybridized carbons (Fsp3) is 0.917. The zero-order valence-electron chi connectivity index (χ0n) is 10.3. The first-order valence-corrected chi connectivity index (χ1v) is 6.32. The highest BCUT2D eigenvalue weighted by molar-refractivity contribution is 5.86. The van der Waals surface area contributed by atoms with E-state index < -0.39 is 0 Å². The molecular formula is C12H23N3O. The number of carbonyl (C=O) groups excluding carboxylic acids is 1. The molecule has 4 nitrogen and oxygen atoms in total. The van der Waals surface area contributed by atoms with Gasteiger partial charge in [-0.1, -0.05) is 0 Å².